The van der Waals surface area contributed by atoms with Crippen LogP contribution in [-0.2, 0) is 11.3 Å². The van der Waals surface area contributed by atoms with E-state index < -0.39 is 0 Å². The van der Waals surface area contributed by atoms with Crippen LogP contribution in [0.3, 0.4) is 0 Å². The average molecular weight is 370 g/mol. The number of halogens is 1. The minimum atomic E-state index is 0.378. The van der Waals surface area contributed by atoms with E-state index in [1.807, 2.05) is 32.0 Å². The van der Waals surface area contributed by atoms with E-state index in [4.69, 9.17) is 9.47 Å². The van der Waals surface area contributed by atoms with E-state index in [2.05, 4.69) is 38.6 Å². The molecule has 0 aliphatic heterocycles. The highest BCUT2D eigenvalue weighted by molar-refractivity contribution is 14.1. The molecule has 0 fully saturated rings. The molecule has 0 unspecified atom stereocenters. The minimum absolute atomic E-state index is 0.378. The number of hydrogen-bond donors (Lipinski definition) is 0. The number of aromatic nitrogens is 2. The van der Waals surface area contributed by atoms with E-state index in [1.165, 1.54) is 0 Å². The lowest BCUT2D eigenvalue weighted by atomic mass is 10.2. The molecule has 0 saturated carbocycles. The first-order valence-electron chi connectivity index (χ1n) is 5.86. The van der Waals surface area contributed by atoms with E-state index in [1.54, 1.807) is 7.11 Å². The Morgan fingerprint density at radius 1 is 1.16 bits per heavy atom. The summed E-state index contributed by atoms with van der Waals surface area (Å²) in [4.78, 5) is 8.61. The van der Waals surface area contributed by atoms with Crippen LogP contribution in [-0.4, -0.2) is 17.1 Å². The van der Waals surface area contributed by atoms with Crippen LogP contribution in [0.1, 0.15) is 17.1 Å². The van der Waals surface area contributed by atoms with Crippen molar-refractivity contribution in [2.45, 2.75) is 20.5 Å². The van der Waals surface area contributed by atoms with Crippen LogP contribution in [0.4, 0.5) is 0 Å². The Bertz CT molecular complexity index is 588. The molecule has 0 atom stereocenters. The highest BCUT2D eigenvalue weighted by Crippen LogP contribution is 2.27. The third-order valence-electron chi connectivity index (χ3n) is 2.45. The summed E-state index contributed by atoms with van der Waals surface area (Å²) in [5.74, 6) is 1.98. The van der Waals surface area contributed by atoms with Crippen molar-refractivity contribution < 1.29 is 9.47 Å². The van der Waals surface area contributed by atoms with Crippen molar-refractivity contribution in [3.05, 3.63) is 44.9 Å². The Hall–Kier alpha value is -1.21. The topological polar surface area (TPSA) is 44.2 Å². The van der Waals surface area contributed by atoms with Crippen LogP contribution >= 0.6 is 22.6 Å². The largest absolute Gasteiger partial charge is 0.438 e. The number of rotatable bonds is 4. The van der Waals surface area contributed by atoms with Gasteiger partial charge in [-0.1, -0.05) is 6.07 Å². The molecule has 0 saturated heterocycles. The van der Waals surface area contributed by atoms with E-state index in [9.17, 15) is 0 Å². The molecule has 0 bridgehead atoms. The summed E-state index contributed by atoms with van der Waals surface area (Å²) in [6.45, 7) is 4.32. The Kier molecular flexibility index (Phi) is 4.71. The first kappa shape index (κ1) is 14.2. The third kappa shape index (κ3) is 3.87. The molecule has 2 rings (SSSR count). The zero-order chi connectivity index (χ0) is 13.8. The highest BCUT2D eigenvalue weighted by Gasteiger charge is 2.07. The van der Waals surface area contributed by atoms with Gasteiger partial charge in [-0.2, -0.15) is 4.98 Å². The summed E-state index contributed by atoms with van der Waals surface area (Å²) in [6.07, 6.45) is 0. The lowest BCUT2D eigenvalue weighted by Crippen LogP contribution is -2.01. The molecule has 19 heavy (non-hydrogen) atoms. The van der Waals surface area contributed by atoms with E-state index in [0.717, 1.165) is 20.6 Å². The molecule has 4 nitrogen and oxygen atoms in total. The first-order valence-corrected chi connectivity index (χ1v) is 6.94. The molecule has 0 aliphatic rings. The molecule has 100 valence electrons. The molecule has 1 aromatic heterocycles. The average Bonchev–Trinajstić information content (AvgIpc) is 2.33. The zero-order valence-corrected chi connectivity index (χ0v) is 13.3. The molecule has 1 aromatic carbocycles. The number of nitrogens with zero attached hydrogens (tertiary/aromatic N) is 2. The number of ether oxygens (including phenoxy) is 2. The van der Waals surface area contributed by atoms with Crippen molar-refractivity contribution in [3.63, 3.8) is 0 Å². The van der Waals surface area contributed by atoms with Gasteiger partial charge in [-0.25, -0.2) is 4.98 Å². The van der Waals surface area contributed by atoms with Crippen LogP contribution < -0.4 is 4.74 Å². The predicted octanol–water partition coefficient (Wildman–Crippen LogP) is 3.64. The third-order valence-corrected chi connectivity index (χ3v) is 3.34. The van der Waals surface area contributed by atoms with Gasteiger partial charge in [-0.3, -0.25) is 0 Å². The van der Waals surface area contributed by atoms with Gasteiger partial charge in [0.1, 0.15) is 12.4 Å². The monoisotopic (exact) mass is 370 g/mol. The molecule has 0 radical (unpaired) electrons. The normalized spacial score (nSPS) is 10.5. The SMILES string of the molecule is COCc1nc(C)cc(Oc2cc(C)ccc2I)n1. The van der Waals surface area contributed by atoms with Gasteiger partial charge in [0.25, 0.3) is 0 Å². The van der Waals surface area contributed by atoms with Crippen molar-refractivity contribution >= 4 is 22.6 Å². The van der Waals surface area contributed by atoms with E-state index in [0.29, 0.717) is 18.3 Å². The summed E-state index contributed by atoms with van der Waals surface area (Å²) in [5, 5.41) is 0. The maximum Gasteiger partial charge on any atom is 0.222 e. The molecular weight excluding hydrogens is 355 g/mol. The molecule has 0 N–H and O–H groups in total. The van der Waals surface area contributed by atoms with Gasteiger partial charge in [0.15, 0.2) is 5.82 Å². The number of benzene rings is 1. The predicted molar refractivity (Wildman–Crippen MR) is 81.5 cm³/mol. The van der Waals surface area contributed by atoms with Crippen LogP contribution in [0.2, 0.25) is 0 Å². The second kappa shape index (κ2) is 6.29. The fraction of sp³-hybridized carbons (Fsp3) is 0.286. The summed E-state index contributed by atoms with van der Waals surface area (Å²) < 4.78 is 11.9. The Labute approximate surface area is 126 Å². The van der Waals surface area contributed by atoms with Crippen LogP contribution in [0.5, 0.6) is 11.6 Å². The van der Waals surface area contributed by atoms with E-state index >= 15 is 0 Å². The van der Waals surface area contributed by atoms with Crippen LogP contribution in [0.15, 0.2) is 24.3 Å². The number of hydrogen-bond acceptors (Lipinski definition) is 4. The summed E-state index contributed by atoms with van der Waals surface area (Å²) in [5.41, 5.74) is 2.01. The molecule has 2 aromatic rings. The summed E-state index contributed by atoms with van der Waals surface area (Å²) in [6, 6.07) is 7.89. The fourth-order valence-electron chi connectivity index (χ4n) is 1.65. The van der Waals surface area contributed by atoms with Gasteiger partial charge in [-0.15, -0.1) is 0 Å². The van der Waals surface area contributed by atoms with Gasteiger partial charge in [0.2, 0.25) is 5.88 Å². The quantitative estimate of drug-likeness (QED) is 0.771. The smallest absolute Gasteiger partial charge is 0.222 e. The van der Waals surface area contributed by atoms with Gasteiger partial charge in [0, 0.05) is 18.9 Å². The van der Waals surface area contributed by atoms with Crippen LogP contribution in [0, 0.1) is 17.4 Å². The lowest BCUT2D eigenvalue weighted by molar-refractivity contribution is 0.177. The second-order valence-electron chi connectivity index (χ2n) is 4.23. The highest BCUT2D eigenvalue weighted by atomic mass is 127. The molecule has 0 spiro atoms. The van der Waals surface area contributed by atoms with Crippen LogP contribution in [0.25, 0.3) is 0 Å². The number of aryl methyl sites for hydroxylation is 2. The van der Waals surface area contributed by atoms with Gasteiger partial charge in [0.05, 0.1) is 3.57 Å². The van der Waals surface area contributed by atoms with Crippen molar-refractivity contribution in [2.75, 3.05) is 7.11 Å². The van der Waals surface area contributed by atoms with Gasteiger partial charge >= 0.3 is 0 Å². The van der Waals surface area contributed by atoms with Crippen molar-refractivity contribution in [1.29, 1.82) is 0 Å². The Balaban J connectivity index is 2.29. The molecule has 0 aliphatic carbocycles. The summed E-state index contributed by atoms with van der Waals surface area (Å²) >= 11 is 2.24. The number of methoxy groups -OCH3 is 1. The lowest BCUT2D eigenvalue weighted by Gasteiger charge is -2.09. The maximum absolute atomic E-state index is 5.84. The van der Waals surface area contributed by atoms with Crippen molar-refractivity contribution in [1.82, 2.24) is 9.97 Å². The maximum atomic E-state index is 5.84. The summed E-state index contributed by atoms with van der Waals surface area (Å²) in [7, 11) is 1.62. The first-order chi connectivity index (χ1) is 9.08. The van der Waals surface area contributed by atoms with E-state index in [-0.39, 0.29) is 0 Å². The molecule has 1 heterocycles. The van der Waals surface area contributed by atoms with Gasteiger partial charge < -0.3 is 9.47 Å². The van der Waals surface area contributed by atoms with Gasteiger partial charge in [-0.05, 0) is 54.1 Å². The molecule has 0 amide bonds. The molecular formula is C14H15IN2O2. The second-order valence-corrected chi connectivity index (χ2v) is 5.39. The Morgan fingerprint density at radius 2 is 1.95 bits per heavy atom. The minimum Gasteiger partial charge on any atom is -0.438 e. The van der Waals surface area contributed by atoms with Crippen molar-refractivity contribution in [3.8, 4) is 11.6 Å². The standard InChI is InChI=1S/C14H15IN2O2/c1-9-4-5-11(15)12(6-9)19-14-7-10(2)16-13(17-14)8-18-3/h4-7H,8H2,1-3H3. The molecule has 5 heteroatoms. The van der Waals surface area contributed by atoms with Crippen molar-refractivity contribution in [2.24, 2.45) is 0 Å². The Morgan fingerprint density at radius 3 is 2.68 bits per heavy atom. The zero-order valence-electron chi connectivity index (χ0n) is 11.1. The fourth-order valence-corrected chi connectivity index (χ4v) is 2.09.